The molecule has 0 aromatic carbocycles. The summed E-state index contributed by atoms with van der Waals surface area (Å²) in [7, 11) is 0. The second-order valence-corrected chi connectivity index (χ2v) is 4.64. The second kappa shape index (κ2) is 6.09. The van der Waals surface area contributed by atoms with E-state index < -0.39 is 0 Å². The zero-order chi connectivity index (χ0) is 10.4. The van der Waals surface area contributed by atoms with Crippen LogP contribution in [0.15, 0.2) is 0 Å². The number of nitrogens with one attached hydrogen (secondary N) is 1. The Morgan fingerprint density at radius 1 is 1.36 bits per heavy atom. The smallest absolute Gasteiger partial charge is 0.0240 e. The molecule has 0 heterocycles. The van der Waals surface area contributed by atoms with Gasteiger partial charge >= 0.3 is 0 Å². The molecule has 1 aliphatic rings. The molecule has 0 bridgehead atoms. The van der Waals surface area contributed by atoms with E-state index in [-0.39, 0.29) is 0 Å². The first-order valence-corrected chi connectivity index (χ1v) is 5.95. The average molecular weight is 193 g/mol. The Hall–Kier alpha value is -0.480. The van der Waals surface area contributed by atoms with Gasteiger partial charge in [-0.15, -0.1) is 12.3 Å². The summed E-state index contributed by atoms with van der Waals surface area (Å²) in [6.45, 7) is 4.56. The van der Waals surface area contributed by atoms with Crippen molar-refractivity contribution < 1.29 is 0 Å². The molecule has 80 valence electrons. The third kappa shape index (κ3) is 3.72. The lowest BCUT2D eigenvalue weighted by molar-refractivity contribution is 0.284. The molecule has 0 aromatic heterocycles. The van der Waals surface area contributed by atoms with Gasteiger partial charge in [0.25, 0.3) is 0 Å². The Labute approximate surface area is 88.7 Å². The fourth-order valence-corrected chi connectivity index (χ4v) is 2.22. The van der Waals surface area contributed by atoms with E-state index in [2.05, 4.69) is 25.1 Å². The van der Waals surface area contributed by atoms with Gasteiger partial charge in [-0.3, -0.25) is 0 Å². The van der Waals surface area contributed by atoms with Gasteiger partial charge in [0.1, 0.15) is 0 Å². The van der Waals surface area contributed by atoms with Crippen molar-refractivity contribution in [3.8, 4) is 12.3 Å². The lowest BCUT2D eigenvalue weighted by Gasteiger charge is -2.30. The van der Waals surface area contributed by atoms with Gasteiger partial charge in [-0.05, 0) is 38.0 Å². The molecule has 1 nitrogen and oxygen atoms in total. The molecule has 1 heteroatoms. The second-order valence-electron chi connectivity index (χ2n) is 4.64. The Morgan fingerprint density at radius 3 is 2.50 bits per heavy atom. The highest BCUT2D eigenvalue weighted by Crippen LogP contribution is 2.24. The number of hydrogen-bond donors (Lipinski definition) is 1. The van der Waals surface area contributed by atoms with Gasteiger partial charge in [0.15, 0.2) is 0 Å². The quantitative estimate of drug-likeness (QED) is 0.677. The maximum atomic E-state index is 5.34. The minimum Gasteiger partial charge on any atom is -0.310 e. The molecule has 0 aliphatic heterocycles. The largest absolute Gasteiger partial charge is 0.310 e. The standard InChI is InChI=1S/C13H23N/c1-4-6-12(5-2)14-13-9-7-11(3)8-10-13/h1,11-14H,5-10H2,2-3H3. The van der Waals surface area contributed by atoms with E-state index >= 15 is 0 Å². The van der Waals surface area contributed by atoms with Crippen LogP contribution in [-0.4, -0.2) is 12.1 Å². The zero-order valence-corrected chi connectivity index (χ0v) is 9.55. The summed E-state index contributed by atoms with van der Waals surface area (Å²) in [4.78, 5) is 0. The molecular formula is C13H23N. The van der Waals surface area contributed by atoms with Gasteiger partial charge in [0.05, 0.1) is 0 Å². The highest BCUT2D eigenvalue weighted by Gasteiger charge is 2.19. The van der Waals surface area contributed by atoms with E-state index in [4.69, 9.17) is 6.42 Å². The van der Waals surface area contributed by atoms with E-state index in [0.717, 1.165) is 24.8 Å². The minimum atomic E-state index is 0.540. The van der Waals surface area contributed by atoms with Gasteiger partial charge in [-0.2, -0.15) is 0 Å². The highest BCUT2D eigenvalue weighted by atomic mass is 14.9. The number of hydrogen-bond acceptors (Lipinski definition) is 1. The summed E-state index contributed by atoms with van der Waals surface area (Å²) in [5, 5.41) is 3.68. The molecule has 0 spiro atoms. The monoisotopic (exact) mass is 193 g/mol. The predicted octanol–water partition coefficient (Wildman–Crippen LogP) is 2.96. The SMILES string of the molecule is C#CCC(CC)NC1CCC(C)CC1. The lowest BCUT2D eigenvalue weighted by Crippen LogP contribution is -2.39. The molecule has 0 aromatic rings. The van der Waals surface area contributed by atoms with Crippen LogP contribution in [-0.2, 0) is 0 Å². The van der Waals surface area contributed by atoms with E-state index in [1.165, 1.54) is 25.7 Å². The number of terminal acetylenes is 1. The van der Waals surface area contributed by atoms with E-state index in [1.54, 1.807) is 0 Å². The summed E-state index contributed by atoms with van der Waals surface area (Å²) >= 11 is 0. The van der Waals surface area contributed by atoms with Crippen molar-refractivity contribution in [1.82, 2.24) is 5.32 Å². The fraction of sp³-hybridized carbons (Fsp3) is 0.846. The van der Waals surface area contributed by atoms with E-state index in [9.17, 15) is 0 Å². The van der Waals surface area contributed by atoms with Crippen LogP contribution in [0.25, 0.3) is 0 Å². The Morgan fingerprint density at radius 2 is 2.00 bits per heavy atom. The van der Waals surface area contributed by atoms with Gasteiger partial charge in [-0.1, -0.05) is 13.8 Å². The topological polar surface area (TPSA) is 12.0 Å². The van der Waals surface area contributed by atoms with Gasteiger partial charge in [0, 0.05) is 18.5 Å². The molecule has 1 unspecified atom stereocenters. The Bertz CT molecular complexity index is 184. The lowest BCUT2D eigenvalue weighted by atomic mass is 9.87. The first-order chi connectivity index (χ1) is 6.76. The van der Waals surface area contributed by atoms with Crippen molar-refractivity contribution in [1.29, 1.82) is 0 Å². The summed E-state index contributed by atoms with van der Waals surface area (Å²) in [6.07, 6.45) is 12.8. The molecule has 0 radical (unpaired) electrons. The molecule has 1 atom stereocenters. The van der Waals surface area contributed by atoms with Crippen molar-refractivity contribution in [2.24, 2.45) is 5.92 Å². The Kier molecular flexibility index (Phi) is 5.04. The van der Waals surface area contributed by atoms with Crippen LogP contribution >= 0.6 is 0 Å². The normalized spacial score (nSPS) is 29.5. The minimum absolute atomic E-state index is 0.540. The molecule has 1 fully saturated rings. The maximum absolute atomic E-state index is 5.34. The predicted molar refractivity (Wildman–Crippen MR) is 62.1 cm³/mol. The third-order valence-corrected chi connectivity index (χ3v) is 3.34. The summed E-state index contributed by atoms with van der Waals surface area (Å²) in [5.74, 6) is 3.69. The highest BCUT2D eigenvalue weighted by molar-refractivity contribution is 4.91. The van der Waals surface area contributed by atoms with Crippen molar-refractivity contribution in [3.63, 3.8) is 0 Å². The van der Waals surface area contributed by atoms with Crippen molar-refractivity contribution in [2.45, 2.75) is 64.5 Å². The van der Waals surface area contributed by atoms with Gasteiger partial charge < -0.3 is 5.32 Å². The molecule has 14 heavy (non-hydrogen) atoms. The third-order valence-electron chi connectivity index (χ3n) is 3.34. The van der Waals surface area contributed by atoms with Crippen molar-refractivity contribution >= 4 is 0 Å². The van der Waals surface area contributed by atoms with E-state index in [0.29, 0.717) is 6.04 Å². The van der Waals surface area contributed by atoms with Crippen molar-refractivity contribution in [3.05, 3.63) is 0 Å². The summed E-state index contributed by atoms with van der Waals surface area (Å²) in [6, 6.07) is 1.27. The van der Waals surface area contributed by atoms with Crippen LogP contribution in [0.1, 0.15) is 52.4 Å². The van der Waals surface area contributed by atoms with Crippen LogP contribution in [0, 0.1) is 18.3 Å². The first-order valence-electron chi connectivity index (χ1n) is 5.95. The molecule has 1 rings (SSSR count). The average Bonchev–Trinajstić information content (AvgIpc) is 2.20. The van der Waals surface area contributed by atoms with Crippen LogP contribution in [0.2, 0.25) is 0 Å². The van der Waals surface area contributed by atoms with Crippen molar-refractivity contribution in [2.75, 3.05) is 0 Å². The summed E-state index contributed by atoms with van der Waals surface area (Å²) < 4.78 is 0. The fourth-order valence-electron chi connectivity index (χ4n) is 2.22. The van der Waals surface area contributed by atoms with Crippen LogP contribution in [0.5, 0.6) is 0 Å². The maximum Gasteiger partial charge on any atom is 0.0240 e. The van der Waals surface area contributed by atoms with Gasteiger partial charge in [0.2, 0.25) is 0 Å². The molecule has 1 N–H and O–H groups in total. The first kappa shape index (κ1) is 11.6. The molecule has 0 amide bonds. The molecule has 1 saturated carbocycles. The Balaban J connectivity index is 2.25. The zero-order valence-electron chi connectivity index (χ0n) is 9.55. The van der Waals surface area contributed by atoms with E-state index in [1.807, 2.05) is 0 Å². The van der Waals surface area contributed by atoms with Crippen LogP contribution < -0.4 is 5.32 Å². The van der Waals surface area contributed by atoms with Crippen LogP contribution in [0.4, 0.5) is 0 Å². The number of rotatable bonds is 4. The molecule has 1 aliphatic carbocycles. The summed E-state index contributed by atoms with van der Waals surface area (Å²) in [5.41, 5.74) is 0. The van der Waals surface area contributed by atoms with Gasteiger partial charge in [-0.25, -0.2) is 0 Å². The molecule has 0 saturated heterocycles. The molecular weight excluding hydrogens is 170 g/mol. The van der Waals surface area contributed by atoms with Crippen LogP contribution in [0.3, 0.4) is 0 Å².